The van der Waals surface area contributed by atoms with Crippen LogP contribution in [-0.2, 0) is 0 Å². The molecule has 0 unspecified atom stereocenters. The SMILES string of the molecule is COc1cc2nc(N=Cc3ccc(Cl)cc3)sc2cc1OC. The third-order valence-electron chi connectivity index (χ3n) is 3.08. The van der Waals surface area contributed by atoms with Gasteiger partial charge < -0.3 is 9.47 Å². The lowest BCUT2D eigenvalue weighted by Gasteiger charge is -2.05. The van der Waals surface area contributed by atoms with Crippen molar-refractivity contribution in [1.82, 2.24) is 4.98 Å². The summed E-state index contributed by atoms with van der Waals surface area (Å²) in [6, 6.07) is 11.2. The highest BCUT2D eigenvalue weighted by Crippen LogP contribution is 2.36. The molecule has 0 saturated carbocycles. The zero-order chi connectivity index (χ0) is 15.5. The second-order valence-electron chi connectivity index (χ2n) is 4.48. The molecule has 0 fully saturated rings. The normalized spacial score (nSPS) is 11.2. The van der Waals surface area contributed by atoms with Gasteiger partial charge in [-0.1, -0.05) is 35.1 Å². The van der Waals surface area contributed by atoms with Crippen molar-refractivity contribution in [3.63, 3.8) is 0 Å². The summed E-state index contributed by atoms with van der Waals surface area (Å²) in [6.45, 7) is 0. The van der Waals surface area contributed by atoms with E-state index in [1.807, 2.05) is 36.4 Å². The summed E-state index contributed by atoms with van der Waals surface area (Å²) >= 11 is 7.36. The highest BCUT2D eigenvalue weighted by atomic mass is 35.5. The Hall–Kier alpha value is -2.11. The number of benzene rings is 2. The van der Waals surface area contributed by atoms with Crippen molar-refractivity contribution in [3.05, 3.63) is 47.0 Å². The van der Waals surface area contributed by atoms with Crippen molar-refractivity contribution in [2.45, 2.75) is 0 Å². The second-order valence-corrected chi connectivity index (χ2v) is 5.93. The van der Waals surface area contributed by atoms with E-state index in [9.17, 15) is 0 Å². The summed E-state index contributed by atoms with van der Waals surface area (Å²) in [4.78, 5) is 8.90. The lowest BCUT2D eigenvalue weighted by atomic mass is 10.2. The molecule has 22 heavy (non-hydrogen) atoms. The van der Waals surface area contributed by atoms with E-state index < -0.39 is 0 Å². The Kier molecular flexibility index (Phi) is 4.27. The Bertz CT molecular complexity index is 787. The Balaban J connectivity index is 1.93. The first-order valence-electron chi connectivity index (χ1n) is 6.52. The summed E-state index contributed by atoms with van der Waals surface area (Å²) in [5.41, 5.74) is 1.81. The van der Waals surface area contributed by atoms with E-state index in [0.717, 1.165) is 15.8 Å². The summed E-state index contributed by atoms with van der Waals surface area (Å²) in [7, 11) is 3.22. The quantitative estimate of drug-likeness (QED) is 0.649. The van der Waals surface area contributed by atoms with Crippen LogP contribution in [0.2, 0.25) is 5.02 Å². The number of halogens is 1. The Morgan fingerprint density at radius 2 is 1.77 bits per heavy atom. The van der Waals surface area contributed by atoms with Gasteiger partial charge in [-0.15, -0.1) is 0 Å². The van der Waals surface area contributed by atoms with Gasteiger partial charge in [0.15, 0.2) is 11.5 Å². The smallest absolute Gasteiger partial charge is 0.210 e. The average Bonchev–Trinajstić information content (AvgIpc) is 2.94. The molecule has 1 heterocycles. The molecule has 0 spiro atoms. The molecule has 4 nitrogen and oxygen atoms in total. The topological polar surface area (TPSA) is 43.7 Å². The van der Waals surface area contributed by atoms with Gasteiger partial charge in [-0.25, -0.2) is 9.98 Å². The van der Waals surface area contributed by atoms with Gasteiger partial charge in [-0.3, -0.25) is 0 Å². The van der Waals surface area contributed by atoms with Crippen molar-refractivity contribution in [3.8, 4) is 11.5 Å². The van der Waals surface area contributed by atoms with Gasteiger partial charge in [-0.2, -0.15) is 0 Å². The van der Waals surface area contributed by atoms with E-state index in [0.29, 0.717) is 21.7 Å². The summed E-state index contributed by atoms with van der Waals surface area (Å²) in [6.07, 6.45) is 1.77. The number of aromatic nitrogens is 1. The van der Waals surface area contributed by atoms with Crippen molar-refractivity contribution >= 4 is 44.5 Å². The molecule has 3 rings (SSSR count). The maximum atomic E-state index is 5.86. The average molecular weight is 333 g/mol. The number of methoxy groups -OCH3 is 2. The molecule has 0 aliphatic carbocycles. The van der Waals surface area contributed by atoms with E-state index in [-0.39, 0.29) is 0 Å². The predicted octanol–water partition coefficient (Wildman–Crippen LogP) is 4.72. The maximum Gasteiger partial charge on any atom is 0.210 e. The third kappa shape index (κ3) is 3.05. The minimum Gasteiger partial charge on any atom is -0.493 e. The van der Waals surface area contributed by atoms with Crippen LogP contribution in [0.5, 0.6) is 11.5 Å². The Labute approximate surface area is 137 Å². The largest absolute Gasteiger partial charge is 0.493 e. The molecule has 6 heteroatoms. The number of fused-ring (bicyclic) bond motifs is 1. The van der Waals surface area contributed by atoms with Crippen LogP contribution in [-0.4, -0.2) is 25.4 Å². The van der Waals surface area contributed by atoms with Gasteiger partial charge >= 0.3 is 0 Å². The molecular formula is C16H13ClN2O2S. The maximum absolute atomic E-state index is 5.86. The number of rotatable bonds is 4. The van der Waals surface area contributed by atoms with Crippen LogP contribution in [0.1, 0.15) is 5.56 Å². The van der Waals surface area contributed by atoms with Gasteiger partial charge in [0, 0.05) is 23.4 Å². The fourth-order valence-corrected chi connectivity index (χ4v) is 2.92. The molecule has 0 aliphatic rings. The molecule has 1 aromatic heterocycles. The number of ether oxygens (including phenoxy) is 2. The Morgan fingerprint density at radius 3 is 2.45 bits per heavy atom. The van der Waals surface area contributed by atoms with Gasteiger partial charge in [0.2, 0.25) is 5.13 Å². The molecule has 0 bridgehead atoms. The van der Waals surface area contributed by atoms with Crippen molar-refractivity contribution in [2.24, 2.45) is 4.99 Å². The van der Waals surface area contributed by atoms with Crippen LogP contribution in [0.3, 0.4) is 0 Å². The molecule has 3 aromatic rings. The molecule has 112 valence electrons. The number of thiazole rings is 1. The first-order chi connectivity index (χ1) is 10.7. The predicted molar refractivity (Wildman–Crippen MR) is 91.4 cm³/mol. The van der Waals surface area contributed by atoms with E-state index in [1.54, 1.807) is 20.4 Å². The molecule has 0 atom stereocenters. The minimum absolute atomic E-state index is 0.661. The van der Waals surface area contributed by atoms with Crippen molar-refractivity contribution in [1.29, 1.82) is 0 Å². The van der Waals surface area contributed by atoms with E-state index in [2.05, 4.69) is 9.98 Å². The first-order valence-corrected chi connectivity index (χ1v) is 7.71. The van der Waals surface area contributed by atoms with Gasteiger partial charge in [0.05, 0.1) is 24.4 Å². The van der Waals surface area contributed by atoms with Crippen molar-refractivity contribution < 1.29 is 9.47 Å². The molecule has 0 radical (unpaired) electrons. The monoisotopic (exact) mass is 332 g/mol. The number of nitrogens with zero attached hydrogens (tertiary/aromatic N) is 2. The summed E-state index contributed by atoms with van der Waals surface area (Å²) in [5, 5.41) is 1.39. The molecular weight excluding hydrogens is 320 g/mol. The molecule has 0 aliphatic heterocycles. The molecule has 0 saturated heterocycles. The fourth-order valence-electron chi connectivity index (χ4n) is 1.98. The Morgan fingerprint density at radius 1 is 1.09 bits per heavy atom. The van der Waals surface area contributed by atoms with Gasteiger partial charge in [-0.05, 0) is 17.7 Å². The van der Waals surface area contributed by atoms with Crippen LogP contribution in [0, 0.1) is 0 Å². The second kappa shape index (κ2) is 6.34. The minimum atomic E-state index is 0.661. The highest BCUT2D eigenvalue weighted by molar-refractivity contribution is 7.22. The van der Waals surface area contributed by atoms with Gasteiger partial charge in [0.1, 0.15) is 0 Å². The molecule has 2 aromatic carbocycles. The lowest BCUT2D eigenvalue weighted by molar-refractivity contribution is 0.356. The third-order valence-corrected chi connectivity index (χ3v) is 4.25. The zero-order valence-electron chi connectivity index (χ0n) is 12.0. The highest BCUT2D eigenvalue weighted by Gasteiger charge is 2.09. The number of aliphatic imine (C=N–C) groups is 1. The van der Waals surface area contributed by atoms with Crippen LogP contribution in [0.4, 0.5) is 5.13 Å². The summed E-state index contributed by atoms with van der Waals surface area (Å²) < 4.78 is 11.6. The van der Waals surface area contributed by atoms with Crippen molar-refractivity contribution in [2.75, 3.05) is 14.2 Å². The van der Waals surface area contributed by atoms with Crippen LogP contribution in [0.25, 0.3) is 10.2 Å². The molecule has 0 amide bonds. The van der Waals surface area contributed by atoms with E-state index in [1.165, 1.54) is 11.3 Å². The van der Waals surface area contributed by atoms with Crippen LogP contribution < -0.4 is 9.47 Å². The van der Waals surface area contributed by atoms with E-state index >= 15 is 0 Å². The first kappa shape index (κ1) is 14.8. The molecule has 0 N–H and O–H groups in total. The van der Waals surface area contributed by atoms with Crippen LogP contribution in [0.15, 0.2) is 41.4 Å². The number of hydrogen-bond acceptors (Lipinski definition) is 5. The lowest BCUT2D eigenvalue weighted by Crippen LogP contribution is -1.89. The number of hydrogen-bond donors (Lipinski definition) is 0. The summed E-state index contributed by atoms with van der Waals surface area (Å²) in [5.74, 6) is 1.35. The van der Waals surface area contributed by atoms with Crippen LogP contribution >= 0.6 is 22.9 Å². The zero-order valence-corrected chi connectivity index (χ0v) is 13.6. The fraction of sp³-hybridized carbons (Fsp3) is 0.125. The standard InChI is InChI=1S/C16H13ClN2O2S/c1-20-13-7-12-15(8-14(13)21-2)22-16(19-12)18-9-10-3-5-11(17)6-4-10/h3-9H,1-2H3. The van der Waals surface area contributed by atoms with E-state index in [4.69, 9.17) is 21.1 Å². The van der Waals surface area contributed by atoms with Gasteiger partial charge in [0.25, 0.3) is 0 Å².